The molecule has 0 bridgehead atoms. The zero-order valence-electron chi connectivity index (χ0n) is 10.6. The summed E-state index contributed by atoms with van der Waals surface area (Å²) in [4.78, 5) is 1.19. The Morgan fingerprint density at radius 1 is 1.11 bits per heavy atom. The minimum Gasteiger partial charge on any atom is -0.489 e. The van der Waals surface area contributed by atoms with Crippen molar-refractivity contribution >= 4 is 24.3 Å². The molecule has 0 unspecified atom stereocenters. The number of hydrogen-bond acceptors (Lipinski definition) is 4. The number of thioether (sulfide) groups is 1. The normalized spacial score (nSPS) is 10.3. The molecule has 0 radical (unpaired) electrons. The van der Waals surface area contributed by atoms with Gasteiger partial charge in [0.25, 0.3) is 0 Å². The predicted molar refractivity (Wildman–Crippen MR) is 78.8 cm³/mol. The molecule has 0 amide bonds. The van der Waals surface area contributed by atoms with Crippen molar-refractivity contribution in [3.63, 3.8) is 0 Å². The van der Waals surface area contributed by atoms with Crippen molar-refractivity contribution in [1.29, 1.82) is 0 Å². The van der Waals surface area contributed by atoms with Crippen molar-refractivity contribution in [2.45, 2.75) is 11.5 Å². The summed E-state index contributed by atoms with van der Waals surface area (Å²) < 4.78 is 5.65. The van der Waals surface area contributed by atoms with Crippen LogP contribution >= 0.6 is 11.8 Å². The quantitative estimate of drug-likeness (QED) is 0.643. The van der Waals surface area contributed by atoms with E-state index in [2.05, 4.69) is 0 Å². The van der Waals surface area contributed by atoms with Crippen LogP contribution < -0.4 is 10.2 Å². The van der Waals surface area contributed by atoms with Gasteiger partial charge in [0, 0.05) is 4.90 Å². The molecule has 19 heavy (non-hydrogen) atoms. The lowest BCUT2D eigenvalue weighted by Crippen LogP contribution is -2.29. The van der Waals surface area contributed by atoms with Crippen molar-refractivity contribution < 1.29 is 14.8 Å². The third-order valence-electron chi connectivity index (χ3n) is 2.71. The molecular weight excluding hydrogens is 259 g/mol. The first-order valence-electron chi connectivity index (χ1n) is 5.91. The highest BCUT2D eigenvalue weighted by Crippen LogP contribution is 2.19. The Kier molecular flexibility index (Phi) is 4.90. The van der Waals surface area contributed by atoms with Gasteiger partial charge in [-0.2, -0.15) is 0 Å². The fourth-order valence-corrected chi connectivity index (χ4v) is 2.09. The van der Waals surface area contributed by atoms with Gasteiger partial charge >= 0.3 is 7.12 Å². The summed E-state index contributed by atoms with van der Waals surface area (Å²) in [6.07, 6.45) is 2.03. The zero-order chi connectivity index (χ0) is 13.7. The van der Waals surface area contributed by atoms with E-state index in [0.29, 0.717) is 12.1 Å². The molecule has 2 aromatic rings. The highest BCUT2D eigenvalue weighted by atomic mass is 32.2. The summed E-state index contributed by atoms with van der Waals surface area (Å²) in [7, 11) is -1.44. The van der Waals surface area contributed by atoms with Crippen LogP contribution in [0.25, 0.3) is 0 Å². The Morgan fingerprint density at radius 2 is 1.84 bits per heavy atom. The van der Waals surface area contributed by atoms with Gasteiger partial charge in [-0.1, -0.05) is 24.3 Å². The monoisotopic (exact) mass is 274 g/mol. The SMILES string of the molecule is CSc1ccc(OCc2cccc(B(O)O)c2)cc1. The van der Waals surface area contributed by atoms with Crippen LogP contribution in [-0.4, -0.2) is 23.4 Å². The van der Waals surface area contributed by atoms with Crippen LogP contribution in [0, 0.1) is 0 Å². The molecule has 0 aliphatic heterocycles. The van der Waals surface area contributed by atoms with Crippen molar-refractivity contribution in [3.8, 4) is 5.75 Å². The molecule has 2 aromatic carbocycles. The number of benzene rings is 2. The highest BCUT2D eigenvalue weighted by Gasteiger charge is 2.10. The molecular formula is C14H15BO3S. The maximum atomic E-state index is 9.10. The molecule has 0 aliphatic rings. The van der Waals surface area contributed by atoms with Gasteiger partial charge in [0.2, 0.25) is 0 Å². The molecule has 0 saturated heterocycles. The van der Waals surface area contributed by atoms with E-state index in [1.165, 1.54) is 4.90 Å². The number of rotatable bonds is 5. The van der Waals surface area contributed by atoms with Gasteiger partial charge in [0.1, 0.15) is 12.4 Å². The van der Waals surface area contributed by atoms with E-state index in [1.54, 1.807) is 30.0 Å². The Labute approximate surface area is 117 Å². The Hall–Kier alpha value is -1.43. The van der Waals surface area contributed by atoms with E-state index in [9.17, 15) is 0 Å². The maximum Gasteiger partial charge on any atom is 0.488 e. The first kappa shape index (κ1) is 14.0. The van der Waals surface area contributed by atoms with Crippen LogP contribution in [0.2, 0.25) is 0 Å². The summed E-state index contributed by atoms with van der Waals surface area (Å²) in [5.41, 5.74) is 1.37. The van der Waals surface area contributed by atoms with E-state index in [0.717, 1.165) is 11.3 Å². The van der Waals surface area contributed by atoms with Gasteiger partial charge < -0.3 is 14.8 Å². The van der Waals surface area contributed by atoms with Crippen molar-refractivity contribution in [2.75, 3.05) is 6.26 Å². The molecule has 0 spiro atoms. The summed E-state index contributed by atoms with van der Waals surface area (Å²) in [6, 6.07) is 14.9. The summed E-state index contributed by atoms with van der Waals surface area (Å²) in [5, 5.41) is 18.2. The Balaban J connectivity index is 1.99. The molecule has 0 aliphatic carbocycles. The molecule has 0 saturated carbocycles. The number of hydrogen-bond donors (Lipinski definition) is 2. The van der Waals surface area contributed by atoms with Crippen molar-refractivity contribution in [1.82, 2.24) is 0 Å². The lowest BCUT2D eigenvalue weighted by atomic mass is 9.80. The molecule has 3 nitrogen and oxygen atoms in total. The van der Waals surface area contributed by atoms with Crippen LogP contribution in [0.5, 0.6) is 5.75 Å². The first-order chi connectivity index (χ1) is 9.19. The third-order valence-corrected chi connectivity index (χ3v) is 3.46. The molecule has 0 atom stereocenters. The third kappa shape index (κ3) is 4.03. The molecule has 0 fully saturated rings. The van der Waals surface area contributed by atoms with E-state index in [4.69, 9.17) is 14.8 Å². The first-order valence-corrected chi connectivity index (χ1v) is 7.13. The van der Waals surface area contributed by atoms with E-state index >= 15 is 0 Å². The summed E-state index contributed by atoms with van der Waals surface area (Å²) >= 11 is 1.69. The average molecular weight is 274 g/mol. The maximum absolute atomic E-state index is 9.10. The van der Waals surface area contributed by atoms with E-state index in [1.807, 2.05) is 36.6 Å². The summed E-state index contributed by atoms with van der Waals surface area (Å²) in [5.74, 6) is 0.799. The second kappa shape index (κ2) is 6.66. The molecule has 5 heteroatoms. The lowest BCUT2D eigenvalue weighted by Gasteiger charge is -2.08. The van der Waals surface area contributed by atoms with Crippen LogP contribution in [-0.2, 0) is 6.61 Å². The second-order valence-corrected chi connectivity index (χ2v) is 4.96. The Morgan fingerprint density at radius 3 is 2.47 bits per heavy atom. The fraction of sp³-hybridized carbons (Fsp3) is 0.143. The van der Waals surface area contributed by atoms with Gasteiger partial charge in [-0.05, 0) is 41.5 Å². The molecule has 0 aromatic heterocycles. The van der Waals surface area contributed by atoms with Gasteiger partial charge in [0.15, 0.2) is 0 Å². The molecule has 2 N–H and O–H groups in total. The van der Waals surface area contributed by atoms with Gasteiger partial charge in [0.05, 0.1) is 0 Å². The zero-order valence-corrected chi connectivity index (χ0v) is 11.4. The lowest BCUT2D eigenvalue weighted by molar-refractivity contribution is 0.306. The van der Waals surface area contributed by atoms with Crippen molar-refractivity contribution in [3.05, 3.63) is 54.1 Å². The predicted octanol–water partition coefficient (Wildman–Crippen LogP) is 1.67. The van der Waals surface area contributed by atoms with E-state index in [-0.39, 0.29) is 0 Å². The molecule has 98 valence electrons. The topological polar surface area (TPSA) is 49.7 Å². The standard InChI is InChI=1S/C14H15BO3S/c1-19-14-7-5-13(6-8-14)18-10-11-3-2-4-12(9-11)15(16)17/h2-9,16-17H,10H2,1H3. The average Bonchev–Trinajstić information content (AvgIpc) is 2.46. The van der Waals surface area contributed by atoms with Crippen LogP contribution in [0.4, 0.5) is 0 Å². The van der Waals surface area contributed by atoms with E-state index < -0.39 is 7.12 Å². The smallest absolute Gasteiger partial charge is 0.488 e. The molecule has 0 heterocycles. The van der Waals surface area contributed by atoms with Gasteiger partial charge in [-0.15, -0.1) is 11.8 Å². The van der Waals surface area contributed by atoms with Crippen molar-refractivity contribution in [2.24, 2.45) is 0 Å². The van der Waals surface area contributed by atoms with Gasteiger partial charge in [-0.3, -0.25) is 0 Å². The fourth-order valence-electron chi connectivity index (χ4n) is 1.68. The second-order valence-electron chi connectivity index (χ2n) is 4.08. The van der Waals surface area contributed by atoms with Gasteiger partial charge in [-0.25, -0.2) is 0 Å². The number of ether oxygens (including phenoxy) is 1. The Bertz CT molecular complexity index is 528. The highest BCUT2D eigenvalue weighted by molar-refractivity contribution is 7.98. The van der Waals surface area contributed by atoms with Crippen LogP contribution in [0.3, 0.4) is 0 Å². The minimum atomic E-state index is -1.44. The largest absolute Gasteiger partial charge is 0.489 e. The van der Waals surface area contributed by atoms with Crippen LogP contribution in [0.15, 0.2) is 53.4 Å². The molecule has 2 rings (SSSR count). The summed E-state index contributed by atoms with van der Waals surface area (Å²) in [6.45, 7) is 0.402. The van der Waals surface area contributed by atoms with Crippen LogP contribution in [0.1, 0.15) is 5.56 Å². The minimum absolute atomic E-state index is 0.402.